The van der Waals surface area contributed by atoms with Crippen LogP contribution in [-0.2, 0) is 7.05 Å². The average Bonchev–Trinajstić information content (AvgIpc) is 3.30. The highest BCUT2D eigenvalue weighted by Gasteiger charge is 2.23. The number of nitrogens with zero attached hydrogens (tertiary/aromatic N) is 2. The fraction of sp³-hybridized carbons (Fsp3) is 0.200. The summed E-state index contributed by atoms with van der Waals surface area (Å²) >= 11 is 0. The molecule has 1 N–H and O–H groups in total. The summed E-state index contributed by atoms with van der Waals surface area (Å²) in [6.07, 6.45) is 4.62. The van der Waals surface area contributed by atoms with E-state index in [1.165, 1.54) is 5.39 Å². The van der Waals surface area contributed by atoms with Crippen LogP contribution in [-0.4, -0.2) is 22.6 Å². The molecular weight excluding hydrogens is 358 g/mol. The minimum Gasteiger partial charge on any atom is -0.316 e. The maximum absolute atomic E-state index is 13.6. The largest absolute Gasteiger partial charge is 0.316 e. The summed E-state index contributed by atoms with van der Waals surface area (Å²) in [7, 11) is 1.90. The molecule has 0 saturated carbocycles. The summed E-state index contributed by atoms with van der Waals surface area (Å²) in [5, 5.41) is 5.73. The Morgan fingerprint density at radius 2 is 1.76 bits per heavy atom. The highest BCUT2D eigenvalue weighted by molar-refractivity contribution is 5.91. The van der Waals surface area contributed by atoms with Crippen molar-refractivity contribution in [3.63, 3.8) is 0 Å². The van der Waals surface area contributed by atoms with Gasteiger partial charge in [-0.2, -0.15) is 0 Å². The van der Waals surface area contributed by atoms with Crippen LogP contribution in [0, 0.1) is 0 Å². The first kappa shape index (κ1) is 17.8. The fourth-order valence-electron chi connectivity index (χ4n) is 4.40. The van der Waals surface area contributed by atoms with E-state index in [1.807, 2.05) is 35.9 Å². The number of aromatic nitrogens is 2. The lowest BCUT2D eigenvalue weighted by atomic mass is 9.92. The predicted molar refractivity (Wildman–Crippen MR) is 118 cm³/mol. The molecule has 1 saturated heterocycles. The first-order valence-electron chi connectivity index (χ1n) is 10.1. The smallest absolute Gasteiger partial charge is 0.259 e. The van der Waals surface area contributed by atoms with Crippen molar-refractivity contribution in [2.24, 2.45) is 7.05 Å². The monoisotopic (exact) mass is 381 g/mol. The molecule has 4 aromatic rings. The third kappa shape index (κ3) is 3.15. The molecule has 0 unspecified atom stereocenters. The number of hydrogen-bond donors (Lipinski definition) is 1. The van der Waals surface area contributed by atoms with Crippen LogP contribution in [0.1, 0.15) is 18.0 Å². The lowest BCUT2D eigenvalue weighted by Crippen LogP contribution is -2.25. The van der Waals surface area contributed by atoms with Crippen LogP contribution in [0.25, 0.3) is 33.0 Å². The van der Waals surface area contributed by atoms with Crippen molar-refractivity contribution >= 4 is 10.8 Å². The quantitative estimate of drug-likeness (QED) is 0.574. The van der Waals surface area contributed by atoms with E-state index in [4.69, 9.17) is 0 Å². The molecule has 0 aliphatic carbocycles. The maximum Gasteiger partial charge on any atom is 0.259 e. The van der Waals surface area contributed by atoms with Gasteiger partial charge in [-0.1, -0.05) is 36.4 Å². The zero-order chi connectivity index (χ0) is 19.8. The van der Waals surface area contributed by atoms with E-state index in [-0.39, 0.29) is 5.56 Å². The molecule has 0 amide bonds. The van der Waals surface area contributed by atoms with Crippen LogP contribution in [0.3, 0.4) is 0 Å². The molecule has 4 heteroatoms. The van der Waals surface area contributed by atoms with Crippen molar-refractivity contribution in [1.29, 1.82) is 0 Å². The summed E-state index contributed by atoms with van der Waals surface area (Å²) in [6, 6.07) is 20.7. The number of pyridine rings is 2. The van der Waals surface area contributed by atoms with E-state index >= 15 is 0 Å². The zero-order valence-electron chi connectivity index (χ0n) is 16.4. The van der Waals surface area contributed by atoms with E-state index in [0.29, 0.717) is 5.92 Å². The Bertz CT molecular complexity index is 1240. The summed E-state index contributed by atoms with van der Waals surface area (Å²) < 4.78 is 1.84. The number of benzene rings is 2. The molecule has 0 bridgehead atoms. The third-order valence-electron chi connectivity index (χ3n) is 5.98. The van der Waals surface area contributed by atoms with E-state index < -0.39 is 0 Å². The van der Waals surface area contributed by atoms with Gasteiger partial charge in [-0.3, -0.25) is 9.78 Å². The zero-order valence-corrected chi connectivity index (χ0v) is 16.4. The van der Waals surface area contributed by atoms with Crippen molar-refractivity contribution in [2.45, 2.75) is 12.3 Å². The molecular formula is C25H23N3O. The van der Waals surface area contributed by atoms with Crippen molar-refractivity contribution in [3.8, 4) is 22.3 Å². The summed E-state index contributed by atoms with van der Waals surface area (Å²) in [4.78, 5) is 17.8. The molecule has 3 heterocycles. The Morgan fingerprint density at radius 3 is 2.52 bits per heavy atom. The van der Waals surface area contributed by atoms with Crippen LogP contribution < -0.4 is 10.9 Å². The first-order valence-corrected chi connectivity index (χ1v) is 10.1. The molecule has 1 aliphatic heterocycles. The summed E-state index contributed by atoms with van der Waals surface area (Å²) in [5.74, 6) is 0.360. The van der Waals surface area contributed by atoms with Gasteiger partial charge in [0.2, 0.25) is 0 Å². The van der Waals surface area contributed by atoms with Gasteiger partial charge in [0.1, 0.15) is 0 Å². The SMILES string of the molecule is Cn1c([C@@H]2CCNC2)cc(-c2ccncc2)c(-c2ccc3ccccc3c2)c1=O. The summed E-state index contributed by atoms with van der Waals surface area (Å²) in [5.41, 5.74) is 4.85. The Hall–Kier alpha value is -3.24. The van der Waals surface area contributed by atoms with Crippen molar-refractivity contribution in [1.82, 2.24) is 14.9 Å². The molecule has 5 rings (SSSR count). The van der Waals surface area contributed by atoms with Gasteiger partial charge in [0.25, 0.3) is 5.56 Å². The van der Waals surface area contributed by atoms with Crippen LogP contribution in [0.5, 0.6) is 0 Å². The molecule has 2 aromatic heterocycles. The van der Waals surface area contributed by atoms with E-state index in [1.54, 1.807) is 12.4 Å². The molecule has 1 fully saturated rings. The molecule has 4 nitrogen and oxygen atoms in total. The average molecular weight is 381 g/mol. The molecule has 1 atom stereocenters. The first-order chi connectivity index (χ1) is 14.2. The molecule has 144 valence electrons. The second-order valence-electron chi connectivity index (χ2n) is 7.71. The van der Waals surface area contributed by atoms with Gasteiger partial charge in [0.05, 0.1) is 5.56 Å². The van der Waals surface area contributed by atoms with Crippen molar-refractivity contribution in [3.05, 3.63) is 89.1 Å². The number of fused-ring (bicyclic) bond motifs is 1. The number of rotatable bonds is 3. The van der Waals surface area contributed by atoms with Gasteiger partial charge in [-0.25, -0.2) is 0 Å². The van der Waals surface area contributed by atoms with Gasteiger partial charge in [-0.05, 0) is 64.7 Å². The number of hydrogen-bond acceptors (Lipinski definition) is 3. The molecule has 29 heavy (non-hydrogen) atoms. The van der Waals surface area contributed by atoms with Crippen LogP contribution in [0.4, 0.5) is 0 Å². The number of nitrogens with one attached hydrogen (secondary N) is 1. The molecule has 0 radical (unpaired) electrons. The van der Waals surface area contributed by atoms with Gasteiger partial charge in [0, 0.05) is 37.6 Å². The molecule has 1 aliphatic rings. The highest BCUT2D eigenvalue weighted by Crippen LogP contribution is 2.34. The lowest BCUT2D eigenvalue weighted by molar-refractivity contribution is 0.663. The highest BCUT2D eigenvalue weighted by atomic mass is 16.1. The van der Waals surface area contributed by atoms with E-state index in [9.17, 15) is 4.79 Å². The molecule has 2 aromatic carbocycles. The van der Waals surface area contributed by atoms with Crippen molar-refractivity contribution in [2.75, 3.05) is 13.1 Å². The lowest BCUT2D eigenvalue weighted by Gasteiger charge is -2.19. The van der Waals surface area contributed by atoms with Crippen LogP contribution in [0.15, 0.2) is 77.9 Å². The minimum atomic E-state index is 0.0523. The Kier molecular flexibility index (Phi) is 4.49. The van der Waals surface area contributed by atoms with E-state index in [2.05, 4.69) is 46.7 Å². The standard InChI is InChI=1S/C25H23N3O/c1-28-23(21-10-13-27-16-21)15-22(18-8-11-26-12-9-18)24(25(28)29)20-7-6-17-4-2-3-5-19(17)14-20/h2-9,11-12,14-15,21,27H,10,13,16H2,1H3/t21-/m1/s1. The molecule has 0 spiro atoms. The maximum atomic E-state index is 13.6. The van der Waals surface area contributed by atoms with Gasteiger partial charge in [0.15, 0.2) is 0 Å². The van der Waals surface area contributed by atoms with Gasteiger partial charge < -0.3 is 9.88 Å². The van der Waals surface area contributed by atoms with E-state index in [0.717, 1.165) is 52.8 Å². The third-order valence-corrected chi connectivity index (χ3v) is 5.98. The van der Waals surface area contributed by atoms with Gasteiger partial charge >= 0.3 is 0 Å². The fourth-order valence-corrected chi connectivity index (χ4v) is 4.40. The minimum absolute atomic E-state index is 0.0523. The second-order valence-corrected chi connectivity index (χ2v) is 7.71. The predicted octanol–water partition coefficient (Wildman–Crippen LogP) is 4.34. The second kappa shape index (κ2) is 7.30. The normalized spacial score (nSPS) is 16.4. The van der Waals surface area contributed by atoms with Crippen LogP contribution in [0.2, 0.25) is 0 Å². The Labute approximate surface area is 169 Å². The van der Waals surface area contributed by atoms with Crippen molar-refractivity contribution < 1.29 is 0 Å². The Morgan fingerprint density at radius 1 is 0.966 bits per heavy atom. The summed E-state index contributed by atoms with van der Waals surface area (Å²) in [6.45, 7) is 1.91. The van der Waals surface area contributed by atoms with Crippen LogP contribution >= 0.6 is 0 Å². The van der Waals surface area contributed by atoms with Gasteiger partial charge in [-0.15, -0.1) is 0 Å². The topological polar surface area (TPSA) is 46.9 Å². The Balaban J connectivity index is 1.79.